The summed E-state index contributed by atoms with van der Waals surface area (Å²) in [5.74, 6) is -0.350. The number of ether oxygens (including phenoxy) is 1. The van der Waals surface area contributed by atoms with E-state index in [1.807, 2.05) is 0 Å². The highest BCUT2D eigenvalue weighted by Gasteiger charge is 2.14. The predicted molar refractivity (Wildman–Crippen MR) is 71.5 cm³/mol. The van der Waals surface area contributed by atoms with Gasteiger partial charge in [-0.3, -0.25) is 19.9 Å². The van der Waals surface area contributed by atoms with Gasteiger partial charge in [-0.2, -0.15) is 0 Å². The normalized spacial score (nSPS) is 9.80. The molecule has 0 unspecified atom stereocenters. The van der Waals surface area contributed by atoms with Crippen molar-refractivity contribution < 1.29 is 14.5 Å². The minimum Gasteiger partial charge on any atom is -0.477 e. The van der Waals surface area contributed by atoms with Crippen LogP contribution in [0.25, 0.3) is 0 Å². The first-order valence-corrected chi connectivity index (χ1v) is 5.73. The van der Waals surface area contributed by atoms with Crippen molar-refractivity contribution in [2.24, 2.45) is 0 Å². The van der Waals surface area contributed by atoms with Gasteiger partial charge < -0.3 is 10.1 Å². The number of nitrogens with one attached hydrogen (secondary N) is 1. The van der Waals surface area contributed by atoms with Crippen LogP contribution in [0.3, 0.4) is 0 Å². The molecule has 20 heavy (non-hydrogen) atoms. The summed E-state index contributed by atoms with van der Waals surface area (Å²) in [5.41, 5.74) is 0.403. The molecule has 0 radical (unpaired) electrons. The Bertz CT molecular complexity index is 616. The largest absolute Gasteiger partial charge is 0.477 e. The number of nitrogens with zero attached hydrogens (tertiary/aromatic N) is 2. The van der Waals surface area contributed by atoms with Crippen molar-refractivity contribution >= 4 is 17.3 Å². The summed E-state index contributed by atoms with van der Waals surface area (Å²) in [6.07, 6.45) is 3.08. The fourth-order valence-electron chi connectivity index (χ4n) is 1.51. The summed E-state index contributed by atoms with van der Waals surface area (Å²) in [5, 5.41) is 13.4. The second-order valence-corrected chi connectivity index (χ2v) is 3.80. The lowest BCUT2D eigenvalue weighted by molar-refractivity contribution is -0.385. The molecule has 0 saturated carbocycles. The molecule has 1 aromatic heterocycles. The maximum Gasteiger partial charge on any atom is 0.310 e. The average Bonchev–Trinajstić information content (AvgIpc) is 2.46. The zero-order valence-corrected chi connectivity index (χ0v) is 10.4. The van der Waals surface area contributed by atoms with E-state index in [-0.39, 0.29) is 18.0 Å². The zero-order valence-electron chi connectivity index (χ0n) is 10.4. The number of hydrogen-bond donors (Lipinski definition) is 1. The van der Waals surface area contributed by atoms with Crippen LogP contribution in [0.5, 0.6) is 5.75 Å². The van der Waals surface area contributed by atoms with Gasteiger partial charge in [0.1, 0.15) is 0 Å². The fourth-order valence-corrected chi connectivity index (χ4v) is 1.51. The van der Waals surface area contributed by atoms with Crippen LogP contribution in [0.2, 0.25) is 0 Å². The molecule has 0 atom stereocenters. The second kappa shape index (κ2) is 6.28. The number of nitro groups is 1. The van der Waals surface area contributed by atoms with Crippen LogP contribution in [0.15, 0.2) is 48.8 Å². The topological polar surface area (TPSA) is 94.4 Å². The summed E-state index contributed by atoms with van der Waals surface area (Å²) >= 11 is 0. The maximum absolute atomic E-state index is 11.6. The molecule has 1 heterocycles. The van der Waals surface area contributed by atoms with Crippen molar-refractivity contribution in [3.63, 3.8) is 0 Å². The number of carbonyl (C=O) groups excluding carboxylic acids is 1. The van der Waals surface area contributed by atoms with E-state index in [2.05, 4.69) is 10.3 Å². The van der Waals surface area contributed by atoms with E-state index in [0.29, 0.717) is 5.69 Å². The predicted octanol–water partition coefficient (Wildman–Crippen LogP) is 2.01. The minimum atomic E-state index is -0.559. The van der Waals surface area contributed by atoms with Gasteiger partial charge in [-0.1, -0.05) is 12.1 Å². The van der Waals surface area contributed by atoms with E-state index in [0.717, 1.165) is 0 Å². The van der Waals surface area contributed by atoms with Crippen LogP contribution in [0, 0.1) is 10.1 Å². The van der Waals surface area contributed by atoms with Gasteiger partial charge in [0.15, 0.2) is 12.4 Å². The molecular weight excluding hydrogens is 262 g/mol. The highest BCUT2D eigenvalue weighted by molar-refractivity contribution is 5.91. The average molecular weight is 273 g/mol. The number of anilines is 1. The van der Waals surface area contributed by atoms with Gasteiger partial charge >= 0.3 is 5.69 Å². The molecule has 0 fully saturated rings. The molecule has 1 aromatic carbocycles. The van der Waals surface area contributed by atoms with E-state index < -0.39 is 10.8 Å². The number of carbonyl (C=O) groups is 1. The highest BCUT2D eigenvalue weighted by atomic mass is 16.6. The van der Waals surface area contributed by atoms with Gasteiger partial charge in [0.25, 0.3) is 5.91 Å². The van der Waals surface area contributed by atoms with Crippen molar-refractivity contribution in [1.82, 2.24) is 4.98 Å². The van der Waals surface area contributed by atoms with Crippen LogP contribution in [0.1, 0.15) is 0 Å². The third-order valence-electron chi connectivity index (χ3n) is 2.38. The molecule has 2 rings (SSSR count). The SMILES string of the molecule is O=C(COc1ccccc1[N+](=O)[O-])Nc1ccncc1. The molecule has 0 bridgehead atoms. The van der Waals surface area contributed by atoms with Crippen molar-refractivity contribution in [2.45, 2.75) is 0 Å². The van der Waals surface area contributed by atoms with Gasteiger partial charge in [-0.15, -0.1) is 0 Å². The first kappa shape index (κ1) is 13.5. The first-order valence-electron chi connectivity index (χ1n) is 5.73. The van der Waals surface area contributed by atoms with Gasteiger partial charge in [0.05, 0.1) is 4.92 Å². The van der Waals surface area contributed by atoms with E-state index in [1.165, 1.54) is 18.2 Å². The molecule has 0 aliphatic rings. The third kappa shape index (κ3) is 3.52. The number of hydrogen-bond acceptors (Lipinski definition) is 5. The number of benzene rings is 1. The van der Waals surface area contributed by atoms with Crippen LogP contribution in [-0.2, 0) is 4.79 Å². The summed E-state index contributed by atoms with van der Waals surface area (Å²) in [4.78, 5) is 25.7. The molecular formula is C13H11N3O4. The van der Waals surface area contributed by atoms with Crippen LogP contribution >= 0.6 is 0 Å². The molecule has 2 aromatic rings. The standard InChI is InChI=1S/C13H11N3O4/c17-13(15-10-5-7-14-8-6-10)9-20-12-4-2-1-3-11(12)16(18)19/h1-8H,9H2,(H,14,15,17). The summed E-state index contributed by atoms with van der Waals surface area (Å²) in [6.45, 7) is -0.312. The van der Waals surface area contributed by atoms with Crippen molar-refractivity contribution in [3.8, 4) is 5.75 Å². The Morgan fingerprint density at radius 2 is 1.95 bits per heavy atom. The van der Waals surface area contributed by atoms with E-state index in [1.54, 1.807) is 30.6 Å². The molecule has 0 spiro atoms. The van der Waals surface area contributed by atoms with Crippen molar-refractivity contribution in [3.05, 3.63) is 58.9 Å². The Hall–Kier alpha value is -2.96. The number of nitro benzene ring substituents is 1. The number of aromatic nitrogens is 1. The Labute approximate surface area is 114 Å². The van der Waals surface area contributed by atoms with Gasteiger partial charge in [-0.05, 0) is 18.2 Å². The Kier molecular flexibility index (Phi) is 4.23. The van der Waals surface area contributed by atoms with E-state index in [9.17, 15) is 14.9 Å². The highest BCUT2D eigenvalue weighted by Crippen LogP contribution is 2.25. The number of para-hydroxylation sites is 2. The Morgan fingerprint density at radius 1 is 1.25 bits per heavy atom. The molecule has 0 aliphatic carbocycles. The molecule has 102 valence electrons. The van der Waals surface area contributed by atoms with E-state index in [4.69, 9.17) is 4.74 Å². The summed E-state index contributed by atoms with van der Waals surface area (Å²) in [7, 11) is 0. The lowest BCUT2D eigenvalue weighted by Gasteiger charge is -2.07. The van der Waals surface area contributed by atoms with Crippen LogP contribution in [0.4, 0.5) is 11.4 Å². The van der Waals surface area contributed by atoms with Gasteiger partial charge in [0.2, 0.25) is 0 Å². The van der Waals surface area contributed by atoms with Crippen molar-refractivity contribution in [2.75, 3.05) is 11.9 Å². The Balaban J connectivity index is 1.96. The third-order valence-corrected chi connectivity index (χ3v) is 2.38. The van der Waals surface area contributed by atoms with Crippen LogP contribution in [-0.4, -0.2) is 22.4 Å². The maximum atomic E-state index is 11.6. The molecule has 0 aliphatic heterocycles. The zero-order chi connectivity index (χ0) is 14.4. The number of pyridine rings is 1. The van der Waals surface area contributed by atoms with Gasteiger partial charge in [-0.25, -0.2) is 0 Å². The molecule has 7 heteroatoms. The molecule has 7 nitrogen and oxygen atoms in total. The molecule has 0 saturated heterocycles. The first-order chi connectivity index (χ1) is 9.66. The Morgan fingerprint density at radius 3 is 2.65 bits per heavy atom. The van der Waals surface area contributed by atoms with Crippen LogP contribution < -0.4 is 10.1 Å². The fraction of sp³-hybridized carbons (Fsp3) is 0.0769. The summed E-state index contributed by atoms with van der Waals surface area (Å²) < 4.78 is 5.16. The lowest BCUT2D eigenvalue weighted by atomic mass is 10.3. The molecule has 1 amide bonds. The second-order valence-electron chi connectivity index (χ2n) is 3.80. The quantitative estimate of drug-likeness (QED) is 0.664. The lowest BCUT2D eigenvalue weighted by Crippen LogP contribution is -2.20. The van der Waals surface area contributed by atoms with Crippen molar-refractivity contribution in [1.29, 1.82) is 0 Å². The number of amides is 1. The van der Waals surface area contributed by atoms with E-state index >= 15 is 0 Å². The summed E-state index contributed by atoms with van der Waals surface area (Å²) in [6, 6.07) is 9.14. The minimum absolute atomic E-state index is 0.0578. The van der Waals surface area contributed by atoms with Gasteiger partial charge in [0, 0.05) is 24.1 Å². The molecule has 1 N–H and O–H groups in total. The monoisotopic (exact) mass is 273 g/mol. The smallest absolute Gasteiger partial charge is 0.310 e. The number of rotatable bonds is 5.